The maximum atomic E-state index is 11.0. The number of aliphatic hydroxyl groups excluding tert-OH is 1. The summed E-state index contributed by atoms with van der Waals surface area (Å²) in [7, 11) is 0. The Kier molecular flexibility index (Phi) is 3.53. The van der Waals surface area contributed by atoms with E-state index in [1.807, 2.05) is 30.3 Å². The van der Waals surface area contributed by atoms with E-state index in [1.165, 1.54) is 4.68 Å². The number of aliphatic hydroxyl groups is 1. The van der Waals surface area contributed by atoms with Gasteiger partial charge in [0.15, 0.2) is 0 Å². The highest BCUT2D eigenvalue weighted by Gasteiger charge is 2.37. The number of carboxylic acid groups (broad SMARTS) is 1. The van der Waals surface area contributed by atoms with Crippen LogP contribution in [0.5, 0.6) is 0 Å². The Morgan fingerprint density at radius 2 is 2.05 bits per heavy atom. The summed E-state index contributed by atoms with van der Waals surface area (Å²) < 4.78 is 1.51. The number of para-hydroxylation sites is 1. The first-order valence-corrected chi connectivity index (χ1v) is 6.66. The minimum absolute atomic E-state index is 0.236. The van der Waals surface area contributed by atoms with Gasteiger partial charge in [0.2, 0.25) is 5.95 Å². The molecule has 0 saturated heterocycles. The molecule has 3 N–H and O–H groups in total. The molecule has 0 bridgehead atoms. The molecule has 8 heteroatoms. The van der Waals surface area contributed by atoms with Crippen molar-refractivity contribution in [2.24, 2.45) is 5.92 Å². The van der Waals surface area contributed by atoms with Crippen LogP contribution in [-0.2, 0) is 4.79 Å². The van der Waals surface area contributed by atoms with Gasteiger partial charge in [-0.25, -0.2) is 0 Å². The third kappa shape index (κ3) is 2.70. The molecular weight excluding hydrogens is 274 g/mol. The Morgan fingerprint density at radius 3 is 2.71 bits per heavy atom. The van der Waals surface area contributed by atoms with E-state index in [0.717, 1.165) is 5.69 Å². The third-order valence-corrected chi connectivity index (χ3v) is 3.66. The first-order valence-electron chi connectivity index (χ1n) is 6.66. The number of hydrogen-bond donors (Lipinski definition) is 3. The average Bonchev–Trinajstić information content (AvgIpc) is 3.08. The molecule has 3 rings (SSSR count). The molecule has 1 aliphatic carbocycles. The van der Waals surface area contributed by atoms with Crippen LogP contribution >= 0.6 is 0 Å². The van der Waals surface area contributed by atoms with E-state index in [4.69, 9.17) is 5.11 Å². The maximum Gasteiger partial charge on any atom is 0.306 e. The molecule has 1 aromatic carbocycles. The minimum atomic E-state index is -0.888. The van der Waals surface area contributed by atoms with Crippen molar-refractivity contribution in [2.75, 3.05) is 5.32 Å². The minimum Gasteiger partial charge on any atom is -0.481 e. The van der Waals surface area contributed by atoms with Crippen LogP contribution in [0, 0.1) is 5.92 Å². The molecule has 1 saturated carbocycles. The van der Waals surface area contributed by atoms with Crippen molar-refractivity contribution in [3.05, 3.63) is 30.3 Å². The molecule has 3 unspecified atom stereocenters. The Balaban J connectivity index is 1.78. The highest BCUT2D eigenvalue weighted by Crippen LogP contribution is 2.28. The van der Waals surface area contributed by atoms with Crippen molar-refractivity contribution in [3.8, 4) is 5.69 Å². The average molecular weight is 289 g/mol. The van der Waals surface area contributed by atoms with Gasteiger partial charge in [-0.2, -0.15) is 4.68 Å². The highest BCUT2D eigenvalue weighted by atomic mass is 16.4. The third-order valence-electron chi connectivity index (χ3n) is 3.66. The fourth-order valence-corrected chi connectivity index (χ4v) is 2.56. The van der Waals surface area contributed by atoms with Crippen LogP contribution in [-0.4, -0.2) is 48.5 Å². The zero-order valence-corrected chi connectivity index (χ0v) is 11.1. The van der Waals surface area contributed by atoms with E-state index < -0.39 is 18.0 Å². The van der Waals surface area contributed by atoms with E-state index in [0.29, 0.717) is 12.4 Å². The van der Waals surface area contributed by atoms with Crippen molar-refractivity contribution >= 4 is 11.9 Å². The van der Waals surface area contributed by atoms with E-state index in [1.54, 1.807) is 0 Å². The van der Waals surface area contributed by atoms with Crippen molar-refractivity contribution < 1.29 is 15.0 Å². The predicted octanol–water partition coefficient (Wildman–Crippen LogP) is 0.298. The van der Waals surface area contributed by atoms with E-state index >= 15 is 0 Å². The van der Waals surface area contributed by atoms with Gasteiger partial charge in [-0.1, -0.05) is 23.3 Å². The van der Waals surface area contributed by atoms with Gasteiger partial charge in [-0.05, 0) is 35.4 Å². The second kappa shape index (κ2) is 5.49. The van der Waals surface area contributed by atoms with Crippen LogP contribution in [0.15, 0.2) is 30.3 Å². The van der Waals surface area contributed by atoms with E-state index in [-0.39, 0.29) is 12.5 Å². The van der Waals surface area contributed by atoms with E-state index in [9.17, 15) is 9.90 Å². The molecule has 0 aliphatic heterocycles. The van der Waals surface area contributed by atoms with Crippen molar-refractivity contribution in [1.82, 2.24) is 20.2 Å². The summed E-state index contributed by atoms with van der Waals surface area (Å²) in [6, 6.07) is 8.95. The summed E-state index contributed by atoms with van der Waals surface area (Å²) in [6.07, 6.45) is -0.148. The Hall–Kier alpha value is -2.48. The number of carboxylic acids is 1. The van der Waals surface area contributed by atoms with Crippen LogP contribution < -0.4 is 5.32 Å². The second-order valence-corrected chi connectivity index (χ2v) is 5.07. The summed E-state index contributed by atoms with van der Waals surface area (Å²) >= 11 is 0. The van der Waals surface area contributed by atoms with Gasteiger partial charge in [-0.3, -0.25) is 4.79 Å². The number of anilines is 1. The largest absolute Gasteiger partial charge is 0.481 e. The molecule has 0 amide bonds. The number of nitrogens with zero attached hydrogens (tertiary/aromatic N) is 4. The number of rotatable bonds is 4. The molecule has 1 heterocycles. The first kappa shape index (κ1) is 13.5. The molecule has 8 nitrogen and oxygen atoms in total. The number of hydrogen-bond acceptors (Lipinski definition) is 6. The van der Waals surface area contributed by atoms with Gasteiger partial charge in [0.1, 0.15) is 0 Å². The molecule has 0 radical (unpaired) electrons. The van der Waals surface area contributed by atoms with Crippen LogP contribution in [0.25, 0.3) is 5.69 Å². The van der Waals surface area contributed by atoms with Crippen LogP contribution in [0.3, 0.4) is 0 Å². The Morgan fingerprint density at radius 1 is 1.29 bits per heavy atom. The first-order chi connectivity index (χ1) is 10.1. The SMILES string of the molecule is O=C(O)C1CC(O)C(Nc2nnnn2-c2ccccc2)C1. The lowest BCUT2D eigenvalue weighted by Gasteiger charge is -2.16. The Bertz CT molecular complexity index is 630. The number of carbonyl (C=O) groups is 1. The van der Waals surface area contributed by atoms with Gasteiger partial charge < -0.3 is 15.5 Å². The molecule has 0 spiro atoms. The topological polar surface area (TPSA) is 113 Å². The lowest BCUT2D eigenvalue weighted by Crippen LogP contribution is -2.29. The molecule has 2 aromatic rings. The van der Waals surface area contributed by atoms with Crippen molar-refractivity contribution in [3.63, 3.8) is 0 Å². The van der Waals surface area contributed by atoms with Crippen molar-refractivity contribution in [1.29, 1.82) is 0 Å². The molecule has 1 fully saturated rings. The predicted molar refractivity (Wildman–Crippen MR) is 72.9 cm³/mol. The zero-order valence-electron chi connectivity index (χ0n) is 11.1. The number of nitrogens with one attached hydrogen (secondary N) is 1. The Labute approximate surface area is 120 Å². The fraction of sp³-hybridized carbons (Fsp3) is 0.385. The summed E-state index contributed by atoms with van der Waals surface area (Å²) in [5.74, 6) is -1.05. The number of tetrazole rings is 1. The smallest absolute Gasteiger partial charge is 0.306 e. The number of aliphatic carboxylic acids is 1. The molecular formula is C13H15N5O3. The maximum absolute atomic E-state index is 11.0. The summed E-state index contributed by atoms with van der Waals surface area (Å²) in [4.78, 5) is 11.0. The van der Waals surface area contributed by atoms with Gasteiger partial charge in [0.05, 0.1) is 23.8 Å². The quantitative estimate of drug-likeness (QED) is 0.741. The molecule has 1 aromatic heterocycles. The number of aromatic nitrogens is 4. The zero-order chi connectivity index (χ0) is 14.8. The van der Waals surface area contributed by atoms with Crippen molar-refractivity contribution in [2.45, 2.75) is 25.0 Å². The second-order valence-electron chi connectivity index (χ2n) is 5.07. The molecule has 3 atom stereocenters. The van der Waals surface area contributed by atoms with Crippen LogP contribution in [0.4, 0.5) is 5.95 Å². The van der Waals surface area contributed by atoms with Gasteiger partial charge >= 0.3 is 5.97 Å². The van der Waals surface area contributed by atoms with Crippen LogP contribution in [0.2, 0.25) is 0 Å². The van der Waals surface area contributed by atoms with Crippen LogP contribution in [0.1, 0.15) is 12.8 Å². The number of benzene rings is 1. The molecule has 1 aliphatic rings. The standard InChI is InChI=1S/C13H15N5O3/c19-11-7-8(12(20)21)6-10(11)14-13-15-16-17-18(13)9-4-2-1-3-5-9/h1-5,8,10-11,19H,6-7H2,(H,20,21)(H,14,15,17). The normalized spacial score (nSPS) is 24.9. The monoisotopic (exact) mass is 289 g/mol. The summed E-state index contributed by atoms with van der Waals surface area (Å²) in [5, 5.41) is 33.4. The summed E-state index contributed by atoms with van der Waals surface area (Å²) in [5.41, 5.74) is 0.785. The lowest BCUT2D eigenvalue weighted by molar-refractivity contribution is -0.141. The molecule has 21 heavy (non-hydrogen) atoms. The van der Waals surface area contributed by atoms with Gasteiger partial charge in [0.25, 0.3) is 0 Å². The van der Waals surface area contributed by atoms with Gasteiger partial charge in [0, 0.05) is 0 Å². The van der Waals surface area contributed by atoms with E-state index in [2.05, 4.69) is 20.8 Å². The highest BCUT2D eigenvalue weighted by molar-refractivity contribution is 5.70. The summed E-state index contributed by atoms with van der Waals surface area (Å²) in [6.45, 7) is 0. The fourth-order valence-electron chi connectivity index (χ4n) is 2.56. The lowest BCUT2D eigenvalue weighted by atomic mass is 10.1. The van der Waals surface area contributed by atoms with Gasteiger partial charge in [-0.15, -0.1) is 0 Å². The molecule has 110 valence electrons.